The number of hydrogen-bond acceptors (Lipinski definition) is 4. The normalized spacial score (nSPS) is 18.6. The number of urea groups is 1. The van der Waals surface area contributed by atoms with Crippen molar-refractivity contribution in [3.8, 4) is 5.75 Å². The van der Waals surface area contributed by atoms with E-state index in [1.54, 1.807) is 32.2 Å². The van der Waals surface area contributed by atoms with Gasteiger partial charge in [-0.2, -0.15) is 0 Å². The summed E-state index contributed by atoms with van der Waals surface area (Å²) in [6.07, 6.45) is 0. The summed E-state index contributed by atoms with van der Waals surface area (Å²) in [5.41, 5.74) is 0.502. The number of benzene rings is 2. The molecular formula is C20H19Cl2N3O4. The molecule has 1 aliphatic rings. The predicted molar refractivity (Wildman–Crippen MR) is 110 cm³/mol. The minimum atomic E-state index is -1.28. The quantitative estimate of drug-likeness (QED) is 0.700. The molecule has 2 aromatic rings. The Morgan fingerprint density at radius 3 is 2.41 bits per heavy atom. The van der Waals surface area contributed by atoms with Gasteiger partial charge in [-0.05, 0) is 55.3 Å². The molecule has 1 atom stereocenters. The van der Waals surface area contributed by atoms with E-state index in [-0.39, 0.29) is 0 Å². The second kappa shape index (κ2) is 7.93. The van der Waals surface area contributed by atoms with Gasteiger partial charge in [-0.15, -0.1) is 0 Å². The maximum absolute atomic E-state index is 13.0. The molecule has 1 saturated heterocycles. The molecule has 0 aromatic heterocycles. The van der Waals surface area contributed by atoms with Crippen molar-refractivity contribution in [1.82, 2.24) is 10.2 Å². The lowest BCUT2D eigenvalue weighted by Crippen LogP contribution is -2.42. The maximum Gasteiger partial charge on any atom is 0.325 e. The first-order valence-corrected chi connectivity index (χ1v) is 9.45. The molecule has 9 heteroatoms. The second-order valence-corrected chi connectivity index (χ2v) is 7.71. The summed E-state index contributed by atoms with van der Waals surface area (Å²) >= 11 is 11.8. The Labute approximate surface area is 177 Å². The van der Waals surface area contributed by atoms with E-state index in [1.165, 1.54) is 18.2 Å². The Morgan fingerprint density at radius 1 is 1.17 bits per heavy atom. The van der Waals surface area contributed by atoms with E-state index in [9.17, 15) is 14.4 Å². The number of amides is 4. The molecule has 29 heavy (non-hydrogen) atoms. The van der Waals surface area contributed by atoms with Gasteiger partial charge in [-0.3, -0.25) is 14.5 Å². The van der Waals surface area contributed by atoms with Gasteiger partial charge < -0.3 is 15.4 Å². The van der Waals surface area contributed by atoms with Crippen LogP contribution >= 0.6 is 23.2 Å². The lowest BCUT2D eigenvalue weighted by Gasteiger charge is -2.23. The Bertz CT molecular complexity index is 991. The molecule has 0 bridgehead atoms. The van der Waals surface area contributed by atoms with Crippen LogP contribution in [0.1, 0.15) is 18.1 Å². The van der Waals surface area contributed by atoms with Gasteiger partial charge in [0.2, 0.25) is 5.91 Å². The van der Waals surface area contributed by atoms with Gasteiger partial charge in [0.15, 0.2) is 0 Å². The van der Waals surface area contributed by atoms with E-state index in [1.807, 2.05) is 6.92 Å². The standard InChI is InChI=1S/C20H19Cl2N3O4/c1-11-6-12(4-5-16(11)29-3)20(2)18(27)25(19(28)24-20)10-17(26)23-15-8-13(21)7-14(22)9-15/h4-9H,10H2,1-3H3,(H,23,26)(H,24,28). The Kier molecular flexibility index (Phi) is 5.73. The molecule has 152 valence electrons. The average Bonchev–Trinajstić information content (AvgIpc) is 2.85. The molecular weight excluding hydrogens is 417 g/mol. The van der Waals surface area contributed by atoms with Gasteiger partial charge in [0.05, 0.1) is 7.11 Å². The molecule has 1 heterocycles. The van der Waals surface area contributed by atoms with Crippen LogP contribution in [0.2, 0.25) is 10.0 Å². The summed E-state index contributed by atoms with van der Waals surface area (Å²) in [6.45, 7) is 3.00. The fourth-order valence-electron chi connectivity index (χ4n) is 3.20. The number of ether oxygens (including phenoxy) is 1. The fraction of sp³-hybridized carbons (Fsp3) is 0.250. The van der Waals surface area contributed by atoms with Crippen molar-refractivity contribution in [2.45, 2.75) is 19.4 Å². The number of nitrogens with one attached hydrogen (secondary N) is 2. The Balaban J connectivity index is 1.77. The minimum absolute atomic E-state index is 0.352. The molecule has 7 nitrogen and oxygen atoms in total. The van der Waals surface area contributed by atoms with Crippen molar-refractivity contribution in [2.75, 3.05) is 19.0 Å². The van der Waals surface area contributed by atoms with E-state index in [2.05, 4.69) is 10.6 Å². The molecule has 1 aliphatic heterocycles. The zero-order chi connectivity index (χ0) is 21.3. The molecule has 1 fully saturated rings. The van der Waals surface area contributed by atoms with Gasteiger partial charge in [-0.25, -0.2) is 4.79 Å². The molecule has 0 aliphatic carbocycles. The highest BCUT2D eigenvalue weighted by molar-refractivity contribution is 6.35. The molecule has 1 unspecified atom stereocenters. The number of carbonyl (C=O) groups excluding carboxylic acids is 3. The summed E-state index contributed by atoms with van der Waals surface area (Å²) in [5.74, 6) is -0.404. The van der Waals surface area contributed by atoms with Crippen LogP contribution in [-0.4, -0.2) is 36.4 Å². The summed E-state index contributed by atoms with van der Waals surface area (Å²) in [5, 5.41) is 5.96. The zero-order valence-corrected chi connectivity index (χ0v) is 17.5. The fourth-order valence-corrected chi connectivity index (χ4v) is 3.72. The molecule has 0 saturated carbocycles. The molecule has 0 spiro atoms. The molecule has 4 amide bonds. The summed E-state index contributed by atoms with van der Waals surface area (Å²) in [7, 11) is 1.56. The SMILES string of the molecule is COc1ccc(C2(C)NC(=O)N(CC(=O)Nc3cc(Cl)cc(Cl)c3)C2=O)cc1C. The van der Waals surface area contributed by atoms with Crippen molar-refractivity contribution in [1.29, 1.82) is 0 Å². The largest absolute Gasteiger partial charge is 0.496 e. The van der Waals surface area contributed by atoms with Crippen molar-refractivity contribution < 1.29 is 19.1 Å². The van der Waals surface area contributed by atoms with Crippen LogP contribution in [0.3, 0.4) is 0 Å². The number of nitrogens with zero attached hydrogens (tertiary/aromatic N) is 1. The van der Waals surface area contributed by atoms with Gasteiger partial charge in [-0.1, -0.05) is 29.3 Å². The first-order chi connectivity index (χ1) is 13.6. The summed E-state index contributed by atoms with van der Waals surface area (Å²) in [6, 6.07) is 9.12. The monoisotopic (exact) mass is 435 g/mol. The van der Waals surface area contributed by atoms with Gasteiger partial charge in [0.25, 0.3) is 5.91 Å². The van der Waals surface area contributed by atoms with E-state index in [4.69, 9.17) is 27.9 Å². The highest BCUT2D eigenvalue weighted by Crippen LogP contribution is 2.31. The minimum Gasteiger partial charge on any atom is -0.496 e. The lowest BCUT2D eigenvalue weighted by molar-refractivity contribution is -0.133. The molecule has 2 aromatic carbocycles. The Hall–Kier alpha value is -2.77. The molecule has 2 N–H and O–H groups in total. The number of hydrogen-bond donors (Lipinski definition) is 2. The van der Waals surface area contributed by atoms with Crippen molar-refractivity contribution in [3.63, 3.8) is 0 Å². The maximum atomic E-state index is 13.0. The first kappa shape index (κ1) is 21.0. The lowest BCUT2D eigenvalue weighted by atomic mass is 9.90. The highest BCUT2D eigenvalue weighted by atomic mass is 35.5. The van der Waals surface area contributed by atoms with Crippen LogP contribution in [0.25, 0.3) is 0 Å². The molecule has 3 rings (SSSR count). The third-order valence-corrected chi connectivity index (χ3v) is 5.13. The van der Waals surface area contributed by atoms with E-state index in [0.29, 0.717) is 27.0 Å². The van der Waals surface area contributed by atoms with Crippen molar-refractivity contribution in [2.24, 2.45) is 0 Å². The highest BCUT2D eigenvalue weighted by Gasteiger charge is 2.49. The van der Waals surface area contributed by atoms with Crippen LogP contribution in [0, 0.1) is 6.92 Å². The van der Waals surface area contributed by atoms with Crippen LogP contribution in [0.4, 0.5) is 10.5 Å². The number of imide groups is 1. The number of rotatable bonds is 5. The number of aryl methyl sites for hydroxylation is 1. The van der Waals surface area contributed by atoms with Crippen LogP contribution in [0.5, 0.6) is 5.75 Å². The zero-order valence-electron chi connectivity index (χ0n) is 16.0. The average molecular weight is 436 g/mol. The van der Waals surface area contributed by atoms with Crippen LogP contribution < -0.4 is 15.4 Å². The van der Waals surface area contributed by atoms with Gasteiger partial charge in [0.1, 0.15) is 17.8 Å². The topological polar surface area (TPSA) is 87.7 Å². The van der Waals surface area contributed by atoms with E-state index >= 15 is 0 Å². The third kappa shape index (κ3) is 4.16. The Morgan fingerprint density at radius 2 is 1.83 bits per heavy atom. The van der Waals surface area contributed by atoms with Crippen LogP contribution in [-0.2, 0) is 15.1 Å². The van der Waals surface area contributed by atoms with Gasteiger partial charge in [0, 0.05) is 15.7 Å². The number of anilines is 1. The summed E-state index contributed by atoms with van der Waals surface area (Å²) < 4.78 is 5.24. The first-order valence-electron chi connectivity index (χ1n) is 8.69. The van der Waals surface area contributed by atoms with E-state index < -0.39 is 29.9 Å². The van der Waals surface area contributed by atoms with Crippen molar-refractivity contribution >= 4 is 46.7 Å². The number of halogens is 2. The van der Waals surface area contributed by atoms with Crippen LogP contribution in [0.15, 0.2) is 36.4 Å². The third-order valence-electron chi connectivity index (χ3n) is 4.70. The van der Waals surface area contributed by atoms with E-state index in [0.717, 1.165) is 10.5 Å². The second-order valence-electron chi connectivity index (χ2n) is 6.84. The van der Waals surface area contributed by atoms with Gasteiger partial charge >= 0.3 is 6.03 Å². The predicted octanol–water partition coefficient (Wildman–Crippen LogP) is 3.72. The number of carbonyl (C=O) groups is 3. The molecule has 0 radical (unpaired) electrons. The smallest absolute Gasteiger partial charge is 0.325 e. The van der Waals surface area contributed by atoms with Crippen molar-refractivity contribution in [3.05, 3.63) is 57.6 Å². The summed E-state index contributed by atoms with van der Waals surface area (Å²) in [4.78, 5) is 38.7. The number of methoxy groups -OCH3 is 1.